The number of amides is 1. The summed E-state index contributed by atoms with van der Waals surface area (Å²) >= 11 is 1.29. The van der Waals surface area contributed by atoms with Gasteiger partial charge in [0.25, 0.3) is 5.24 Å². The van der Waals surface area contributed by atoms with Crippen molar-refractivity contribution in [1.82, 2.24) is 4.90 Å². The lowest BCUT2D eigenvalue weighted by Gasteiger charge is -2.13. The molecule has 0 spiro atoms. The van der Waals surface area contributed by atoms with Gasteiger partial charge in [-0.25, -0.2) is 0 Å². The van der Waals surface area contributed by atoms with Crippen LogP contribution in [-0.4, -0.2) is 24.2 Å². The maximum Gasteiger partial charge on any atom is 0.285 e. The van der Waals surface area contributed by atoms with Crippen molar-refractivity contribution in [3.8, 4) is 0 Å². The van der Waals surface area contributed by atoms with Gasteiger partial charge >= 0.3 is 0 Å². The van der Waals surface area contributed by atoms with Gasteiger partial charge in [-0.1, -0.05) is 25.2 Å². The molecule has 2 nitrogen and oxygen atoms in total. The zero-order chi connectivity index (χ0) is 9.84. The zero-order valence-electron chi connectivity index (χ0n) is 8.28. The van der Waals surface area contributed by atoms with E-state index < -0.39 is 0 Å². The Morgan fingerprint density at radius 2 is 2.31 bits per heavy atom. The van der Waals surface area contributed by atoms with Crippen molar-refractivity contribution in [2.45, 2.75) is 13.3 Å². The number of nitrogens with zero attached hydrogens (tertiary/aromatic N) is 1. The minimum absolute atomic E-state index is 0.0884. The predicted octanol–water partition coefficient (Wildman–Crippen LogP) is 2.88. The third-order valence-electron chi connectivity index (χ3n) is 1.85. The first-order valence-corrected chi connectivity index (χ1v) is 5.18. The fraction of sp³-hybridized carbons (Fsp3) is 0.500. The van der Waals surface area contributed by atoms with Crippen LogP contribution in [0.25, 0.3) is 0 Å². The molecule has 0 bridgehead atoms. The van der Waals surface area contributed by atoms with Crippen molar-refractivity contribution in [3.05, 3.63) is 23.1 Å². The van der Waals surface area contributed by atoms with Crippen LogP contribution in [0.3, 0.4) is 0 Å². The molecule has 0 N–H and O–H groups in total. The Morgan fingerprint density at radius 3 is 2.77 bits per heavy atom. The number of hydrogen-bond donors (Lipinski definition) is 0. The normalized spacial score (nSPS) is 21.2. The molecule has 0 fully saturated rings. The molecule has 0 aromatic rings. The van der Waals surface area contributed by atoms with Crippen molar-refractivity contribution < 1.29 is 4.79 Å². The van der Waals surface area contributed by atoms with E-state index in [-0.39, 0.29) is 5.24 Å². The Morgan fingerprint density at radius 1 is 1.62 bits per heavy atom. The molecule has 1 rings (SSSR count). The quantitative estimate of drug-likeness (QED) is 0.644. The summed E-state index contributed by atoms with van der Waals surface area (Å²) in [4.78, 5) is 14.0. The highest BCUT2D eigenvalue weighted by Gasteiger charge is 2.09. The Balaban J connectivity index is 2.48. The summed E-state index contributed by atoms with van der Waals surface area (Å²) in [7, 11) is 3.54. The number of hydrogen-bond acceptors (Lipinski definition) is 2. The largest absolute Gasteiger partial charge is 0.339 e. The van der Waals surface area contributed by atoms with E-state index in [1.807, 2.05) is 6.08 Å². The highest BCUT2D eigenvalue weighted by molar-refractivity contribution is 8.17. The van der Waals surface area contributed by atoms with Gasteiger partial charge in [-0.05, 0) is 24.1 Å². The van der Waals surface area contributed by atoms with E-state index in [4.69, 9.17) is 0 Å². The van der Waals surface area contributed by atoms with Gasteiger partial charge < -0.3 is 4.90 Å². The van der Waals surface area contributed by atoms with Crippen molar-refractivity contribution in [1.29, 1.82) is 0 Å². The summed E-state index contributed by atoms with van der Waals surface area (Å²) in [5.41, 5.74) is 0. The maximum absolute atomic E-state index is 11.3. The topological polar surface area (TPSA) is 20.3 Å². The summed E-state index contributed by atoms with van der Waals surface area (Å²) in [5.74, 6) is 0.610. The van der Waals surface area contributed by atoms with E-state index in [1.54, 1.807) is 19.0 Å². The average Bonchev–Trinajstić information content (AvgIpc) is 2.08. The molecule has 0 saturated heterocycles. The molecule has 0 aromatic heterocycles. The second-order valence-corrected chi connectivity index (χ2v) is 4.47. The van der Waals surface area contributed by atoms with Gasteiger partial charge in [-0.2, -0.15) is 0 Å². The van der Waals surface area contributed by atoms with Crippen molar-refractivity contribution >= 4 is 17.0 Å². The molecular formula is C10H15NOS. The van der Waals surface area contributed by atoms with Crippen molar-refractivity contribution in [2.75, 3.05) is 14.1 Å². The molecule has 3 heteroatoms. The molecule has 0 radical (unpaired) electrons. The summed E-state index contributed by atoms with van der Waals surface area (Å²) in [5, 5.41) is 0.0884. The lowest BCUT2D eigenvalue weighted by atomic mass is 10.0. The van der Waals surface area contributed by atoms with Crippen molar-refractivity contribution in [3.63, 3.8) is 0 Å². The van der Waals surface area contributed by atoms with Crippen LogP contribution in [0, 0.1) is 5.92 Å². The molecule has 1 amide bonds. The van der Waals surface area contributed by atoms with Gasteiger partial charge in [0, 0.05) is 19.0 Å². The summed E-state index contributed by atoms with van der Waals surface area (Å²) in [6, 6.07) is 0. The second-order valence-electron chi connectivity index (χ2n) is 3.44. The van der Waals surface area contributed by atoms with Crippen LogP contribution < -0.4 is 0 Å². The van der Waals surface area contributed by atoms with Gasteiger partial charge in [0.05, 0.1) is 0 Å². The first kappa shape index (κ1) is 10.4. The van der Waals surface area contributed by atoms with Gasteiger partial charge in [0.2, 0.25) is 0 Å². The van der Waals surface area contributed by atoms with Crippen LogP contribution in [-0.2, 0) is 0 Å². The van der Waals surface area contributed by atoms with E-state index in [2.05, 4.69) is 19.1 Å². The van der Waals surface area contributed by atoms with E-state index in [1.165, 1.54) is 11.8 Å². The summed E-state index contributed by atoms with van der Waals surface area (Å²) < 4.78 is 0. The highest BCUT2D eigenvalue weighted by atomic mass is 32.2. The first-order chi connectivity index (χ1) is 6.09. The molecule has 13 heavy (non-hydrogen) atoms. The lowest BCUT2D eigenvalue weighted by Crippen LogP contribution is -2.16. The number of carbonyl (C=O) groups is 1. The standard InChI is InChI=1S/C10H15NOS/c1-8-4-6-9(7-5-8)13-10(12)11(2)3/h4,6-8H,5H2,1-3H3. The van der Waals surface area contributed by atoms with E-state index in [0.717, 1.165) is 11.3 Å². The Bertz CT molecular complexity index is 256. The summed E-state index contributed by atoms with van der Waals surface area (Å²) in [6.07, 6.45) is 7.34. The third kappa shape index (κ3) is 3.27. The van der Waals surface area contributed by atoms with Crippen LogP contribution >= 0.6 is 11.8 Å². The van der Waals surface area contributed by atoms with Gasteiger partial charge in [0.1, 0.15) is 0 Å². The molecule has 1 aliphatic rings. The van der Waals surface area contributed by atoms with E-state index >= 15 is 0 Å². The fourth-order valence-electron chi connectivity index (χ4n) is 0.976. The van der Waals surface area contributed by atoms with Crippen LogP contribution in [0.1, 0.15) is 13.3 Å². The fourth-order valence-corrected chi connectivity index (χ4v) is 1.69. The SMILES string of the molecule is CC1C=CC(SC(=O)N(C)C)=CC1. The minimum Gasteiger partial charge on any atom is -0.339 e. The first-order valence-electron chi connectivity index (χ1n) is 4.37. The lowest BCUT2D eigenvalue weighted by molar-refractivity contribution is 0.241. The zero-order valence-corrected chi connectivity index (χ0v) is 9.10. The van der Waals surface area contributed by atoms with Crippen LogP contribution in [0.4, 0.5) is 4.79 Å². The van der Waals surface area contributed by atoms with Gasteiger partial charge in [-0.15, -0.1) is 0 Å². The molecule has 0 saturated carbocycles. The highest BCUT2D eigenvalue weighted by Crippen LogP contribution is 2.26. The molecule has 1 unspecified atom stereocenters. The second kappa shape index (κ2) is 4.51. The monoisotopic (exact) mass is 197 g/mol. The molecule has 1 aliphatic carbocycles. The predicted molar refractivity (Wildman–Crippen MR) is 57.7 cm³/mol. The van der Waals surface area contributed by atoms with E-state index in [0.29, 0.717) is 5.92 Å². The van der Waals surface area contributed by atoms with Gasteiger partial charge in [-0.3, -0.25) is 4.79 Å². The van der Waals surface area contributed by atoms with Crippen LogP contribution in [0.5, 0.6) is 0 Å². The molecule has 0 aliphatic heterocycles. The van der Waals surface area contributed by atoms with Gasteiger partial charge in [0.15, 0.2) is 0 Å². The van der Waals surface area contributed by atoms with Crippen molar-refractivity contribution in [2.24, 2.45) is 5.92 Å². The molecule has 0 heterocycles. The Hall–Kier alpha value is -0.700. The van der Waals surface area contributed by atoms with E-state index in [9.17, 15) is 4.79 Å². The molecular weight excluding hydrogens is 182 g/mol. The number of thioether (sulfide) groups is 1. The number of carbonyl (C=O) groups excluding carboxylic acids is 1. The van der Waals surface area contributed by atoms with Crippen LogP contribution in [0.15, 0.2) is 23.1 Å². The Labute approximate surface area is 83.7 Å². The number of allylic oxidation sites excluding steroid dienone is 3. The Kier molecular flexibility index (Phi) is 3.60. The molecule has 1 atom stereocenters. The number of rotatable bonds is 1. The third-order valence-corrected chi connectivity index (χ3v) is 2.93. The maximum atomic E-state index is 11.3. The minimum atomic E-state index is 0.0884. The smallest absolute Gasteiger partial charge is 0.285 e. The molecule has 0 aromatic carbocycles. The average molecular weight is 197 g/mol. The summed E-state index contributed by atoms with van der Waals surface area (Å²) in [6.45, 7) is 2.17. The van der Waals surface area contributed by atoms with Crippen LogP contribution in [0.2, 0.25) is 0 Å². The molecule has 72 valence electrons.